The summed E-state index contributed by atoms with van der Waals surface area (Å²) in [5, 5.41) is 13.5. The number of benzene rings is 2. The fourth-order valence-corrected chi connectivity index (χ4v) is 2.23. The van der Waals surface area contributed by atoms with Crippen LogP contribution in [0, 0.1) is 5.82 Å². The molecule has 0 aliphatic carbocycles. The molecule has 1 heterocycles. The minimum absolute atomic E-state index is 0.131. The number of halogens is 1. The van der Waals surface area contributed by atoms with Crippen LogP contribution in [0.25, 0.3) is 0 Å². The van der Waals surface area contributed by atoms with Crippen molar-refractivity contribution >= 4 is 23.1 Å². The van der Waals surface area contributed by atoms with E-state index in [1.807, 2.05) is 31.2 Å². The smallest absolute Gasteiger partial charge is 0.276 e. The Bertz CT molecular complexity index is 883. The maximum atomic E-state index is 13.2. The lowest BCUT2D eigenvalue weighted by Gasteiger charge is -2.08. The molecule has 0 saturated carbocycles. The largest absolute Gasteiger partial charge is 0.494 e. The van der Waals surface area contributed by atoms with Crippen LogP contribution in [0.3, 0.4) is 0 Å². The lowest BCUT2D eigenvalue weighted by molar-refractivity contribution is 0.102. The number of amides is 1. The first kappa shape index (κ1) is 17.3. The highest BCUT2D eigenvalue weighted by Gasteiger charge is 2.09. The van der Waals surface area contributed by atoms with Crippen LogP contribution in [-0.2, 0) is 0 Å². The molecule has 0 saturated heterocycles. The molecule has 3 rings (SSSR count). The third-order valence-corrected chi connectivity index (χ3v) is 3.42. The first-order chi connectivity index (χ1) is 12.6. The highest BCUT2D eigenvalue weighted by molar-refractivity contribution is 6.02. The van der Waals surface area contributed by atoms with Gasteiger partial charge in [-0.15, -0.1) is 10.2 Å². The second kappa shape index (κ2) is 8.06. The van der Waals surface area contributed by atoms with Gasteiger partial charge in [-0.25, -0.2) is 4.39 Å². The number of hydrogen-bond donors (Lipinski definition) is 2. The van der Waals surface area contributed by atoms with Crippen molar-refractivity contribution in [1.29, 1.82) is 0 Å². The lowest BCUT2D eigenvalue weighted by Crippen LogP contribution is -2.14. The Morgan fingerprint density at radius 2 is 1.85 bits per heavy atom. The first-order valence-electron chi connectivity index (χ1n) is 8.04. The molecule has 0 bridgehead atoms. The summed E-state index contributed by atoms with van der Waals surface area (Å²) in [7, 11) is 0. The van der Waals surface area contributed by atoms with E-state index in [0.717, 1.165) is 11.4 Å². The number of ether oxygens (including phenoxy) is 1. The van der Waals surface area contributed by atoms with Crippen LogP contribution in [-0.4, -0.2) is 22.7 Å². The summed E-state index contributed by atoms with van der Waals surface area (Å²) in [5.74, 6) is 0.393. The lowest BCUT2D eigenvalue weighted by atomic mass is 10.3. The van der Waals surface area contributed by atoms with Crippen molar-refractivity contribution in [3.63, 3.8) is 0 Å². The highest BCUT2D eigenvalue weighted by atomic mass is 19.1. The summed E-state index contributed by atoms with van der Waals surface area (Å²) in [5.41, 5.74) is 1.31. The van der Waals surface area contributed by atoms with E-state index in [4.69, 9.17) is 4.74 Å². The van der Waals surface area contributed by atoms with Crippen molar-refractivity contribution in [3.8, 4) is 5.75 Å². The molecule has 1 aromatic heterocycles. The molecule has 0 atom stereocenters. The molecule has 6 nitrogen and oxygen atoms in total. The normalized spacial score (nSPS) is 10.2. The van der Waals surface area contributed by atoms with Gasteiger partial charge in [0.25, 0.3) is 5.91 Å². The third kappa shape index (κ3) is 4.54. The van der Waals surface area contributed by atoms with Crippen molar-refractivity contribution in [3.05, 3.63) is 72.2 Å². The molecule has 132 valence electrons. The predicted octanol–water partition coefficient (Wildman–Crippen LogP) is 4.01. The SMILES string of the molecule is CCOc1ccc(Nc2ccc(C(=O)Nc3cccc(F)c3)nn2)cc1. The number of nitrogens with one attached hydrogen (secondary N) is 2. The average molecular weight is 352 g/mol. The summed E-state index contributed by atoms with van der Waals surface area (Å²) in [6.45, 7) is 2.53. The van der Waals surface area contributed by atoms with E-state index in [1.165, 1.54) is 18.2 Å². The fraction of sp³-hybridized carbons (Fsp3) is 0.105. The number of carbonyl (C=O) groups excluding carboxylic acids is 1. The summed E-state index contributed by atoms with van der Waals surface area (Å²) >= 11 is 0. The van der Waals surface area contributed by atoms with Crippen molar-refractivity contribution in [1.82, 2.24) is 10.2 Å². The van der Waals surface area contributed by atoms with Crippen molar-refractivity contribution in [2.75, 3.05) is 17.2 Å². The summed E-state index contributed by atoms with van der Waals surface area (Å²) in [4.78, 5) is 12.1. The molecule has 26 heavy (non-hydrogen) atoms. The summed E-state index contributed by atoms with van der Waals surface area (Å²) in [6.07, 6.45) is 0. The van der Waals surface area contributed by atoms with Crippen LogP contribution in [0.1, 0.15) is 17.4 Å². The Hall–Kier alpha value is -3.48. The van der Waals surface area contributed by atoms with Gasteiger partial charge in [-0.05, 0) is 61.5 Å². The summed E-state index contributed by atoms with van der Waals surface area (Å²) in [6, 6.07) is 16.2. The molecule has 7 heteroatoms. The minimum atomic E-state index is -0.462. The van der Waals surface area contributed by atoms with Gasteiger partial charge in [0.1, 0.15) is 11.6 Å². The maximum absolute atomic E-state index is 13.2. The van der Waals surface area contributed by atoms with Crippen LogP contribution < -0.4 is 15.4 Å². The predicted molar refractivity (Wildman–Crippen MR) is 97.3 cm³/mol. The fourth-order valence-electron chi connectivity index (χ4n) is 2.23. The average Bonchev–Trinajstić information content (AvgIpc) is 2.64. The van der Waals surface area contributed by atoms with E-state index in [-0.39, 0.29) is 5.69 Å². The molecule has 2 aromatic carbocycles. The molecule has 0 aliphatic heterocycles. The van der Waals surface area contributed by atoms with E-state index in [0.29, 0.717) is 18.1 Å². The van der Waals surface area contributed by atoms with Gasteiger partial charge in [-0.1, -0.05) is 6.07 Å². The van der Waals surface area contributed by atoms with E-state index in [9.17, 15) is 9.18 Å². The number of carbonyl (C=O) groups is 1. The van der Waals surface area contributed by atoms with Gasteiger partial charge in [-0.2, -0.15) is 0 Å². The minimum Gasteiger partial charge on any atom is -0.494 e. The second-order valence-corrected chi connectivity index (χ2v) is 5.35. The topological polar surface area (TPSA) is 76.1 Å². The molecule has 0 aliphatic rings. The van der Waals surface area contributed by atoms with Gasteiger partial charge in [-0.3, -0.25) is 4.79 Å². The van der Waals surface area contributed by atoms with E-state index in [2.05, 4.69) is 20.8 Å². The number of aromatic nitrogens is 2. The highest BCUT2D eigenvalue weighted by Crippen LogP contribution is 2.19. The Kier molecular flexibility index (Phi) is 5.38. The number of hydrogen-bond acceptors (Lipinski definition) is 5. The van der Waals surface area contributed by atoms with E-state index < -0.39 is 11.7 Å². The Morgan fingerprint density at radius 1 is 1.04 bits per heavy atom. The Morgan fingerprint density at radius 3 is 2.50 bits per heavy atom. The molecule has 0 unspecified atom stereocenters. The number of anilines is 3. The Balaban J connectivity index is 1.63. The van der Waals surface area contributed by atoms with Gasteiger partial charge < -0.3 is 15.4 Å². The standard InChI is InChI=1S/C19H17FN4O2/c1-2-26-16-8-6-14(7-9-16)21-18-11-10-17(23-24-18)19(25)22-15-5-3-4-13(20)12-15/h3-12H,2H2,1H3,(H,21,24)(H,22,25). The molecule has 2 N–H and O–H groups in total. The van der Waals surface area contributed by atoms with Crippen molar-refractivity contribution in [2.45, 2.75) is 6.92 Å². The van der Waals surface area contributed by atoms with E-state index >= 15 is 0 Å². The first-order valence-corrected chi connectivity index (χ1v) is 8.04. The number of nitrogens with zero attached hydrogens (tertiary/aromatic N) is 2. The van der Waals surface area contributed by atoms with Crippen LogP contribution in [0.15, 0.2) is 60.7 Å². The zero-order valence-electron chi connectivity index (χ0n) is 14.1. The maximum Gasteiger partial charge on any atom is 0.276 e. The van der Waals surface area contributed by atoms with Crippen LogP contribution in [0.2, 0.25) is 0 Å². The van der Waals surface area contributed by atoms with Gasteiger partial charge in [0.2, 0.25) is 0 Å². The van der Waals surface area contributed by atoms with Crippen LogP contribution >= 0.6 is 0 Å². The van der Waals surface area contributed by atoms with Gasteiger partial charge in [0.15, 0.2) is 11.5 Å². The van der Waals surface area contributed by atoms with Gasteiger partial charge in [0, 0.05) is 11.4 Å². The monoisotopic (exact) mass is 352 g/mol. The molecular weight excluding hydrogens is 335 g/mol. The van der Waals surface area contributed by atoms with Crippen molar-refractivity contribution < 1.29 is 13.9 Å². The molecule has 3 aromatic rings. The van der Waals surface area contributed by atoms with Crippen LogP contribution in [0.5, 0.6) is 5.75 Å². The second-order valence-electron chi connectivity index (χ2n) is 5.35. The third-order valence-electron chi connectivity index (χ3n) is 3.42. The van der Waals surface area contributed by atoms with Crippen molar-refractivity contribution in [2.24, 2.45) is 0 Å². The van der Waals surface area contributed by atoms with Gasteiger partial charge >= 0.3 is 0 Å². The molecular formula is C19H17FN4O2. The number of rotatable bonds is 6. The van der Waals surface area contributed by atoms with Crippen LogP contribution in [0.4, 0.5) is 21.6 Å². The molecule has 0 spiro atoms. The van der Waals surface area contributed by atoms with E-state index in [1.54, 1.807) is 18.2 Å². The zero-order valence-corrected chi connectivity index (χ0v) is 14.1. The Labute approximate surface area is 150 Å². The zero-order chi connectivity index (χ0) is 18.4. The quantitative estimate of drug-likeness (QED) is 0.701. The molecule has 0 fully saturated rings. The summed E-state index contributed by atoms with van der Waals surface area (Å²) < 4.78 is 18.5. The molecule has 0 radical (unpaired) electrons. The van der Waals surface area contributed by atoms with Gasteiger partial charge in [0.05, 0.1) is 6.61 Å². The molecule has 1 amide bonds.